The average Bonchev–Trinajstić information content (AvgIpc) is 4.17. The summed E-state index contributed by atoms with van der Waals surface area (Å²) < 4.78 is 91.6. The number of hydrogen-bond acceptors (Lipinski definition) is 16. The Morgan fingerprint density at radius 2 is 1.35 bits per heavy atom. The molecule has 0 N–H and O–H groups in total. The fraction of sp³-hybridized carbons (Fsp3) is 0.580. The lowest BCUT2D eigenvalue weighted by Crippen LogP contribution is -2.76. The molecular formula is C50H65F4N5O16. The van der Waals surface area contributed by atoms with Crippen molar-refractivity contribution in [1.82, 2.24) is 14.7 Å². The summed E-state index contributed by atoms with van der Waals surface area (Å²) in [6, 6.07) is 13.4. The van der Waals surface area contributed by atoms with Crippen LogP contribution in [0.15, 0.2) is 60.7 Å². The number of unbranched alkanes of at least 4 members (excludes halogenated alkanes) is 1. The minimum atomic E-state index is -4.68. The number of hydrogen-bond donors (Lipinski definition) is 0. The maximum atomic E-state index is 15.0. The van der Waals surface area contributed by atoms with Gasteiger partial charge >= 0.3 is 18.4 Å². The summed E-state index contributed by atoms with van der Waals surface area (Å²) >= 11 is 0. The van der Waals surface area contributed by atoms with Gasteiger partial charge in [-0.2, -0.15) is 13.2 Å². The van der Waals surface area contributed by atoms with E-state index in [9.17, 15) is 52.2 Å². The first kappa shape index (κ1) is 59.0. The summed E-state index contributed by atoms with van der Waals surface area (Å²) in [6.45, 7) is 6.78. The zero-order chi connectivity index (χ0) is 54.7. The van der Waals surface area contributed by atoms with E-state index in [0.29, 0.717) is 37.0 Å². The van der Waals surface area contributed by atoms with Crippen LogP contribution < -0.4 is 14.2 Å². The largest absolute Gasteiger partial charge is 0.496 e. The lowest BCUT2D eigenvalue weighted by Gasteiger charge is -2.61. The number of alkyl halides is 3. The van der Waals surface area contributed by atoms with Crippen molar-refractivity contribution in [2.24, 2.45) is 11.3 Å². The van der Waals surface area contributed by atoms with Gasteiger partial charge in [0.15, 0.2) is 11.6 Å². The van der Waals surface area contributed by atoms with Crippen molar-refractivity contribution in [3.63, 3.8) is 0 Å². The van der Waals surface area contributed by atoms with Gasteiger partial charge in [-0.1, -0.05) is 45.0 Å². The summed E-state index contributed by atoms with van der Waals surface area (Å²) in [4.78, 5) is 77.3. The van der Waals surface area contributed by atoms with Crippen molar-refractivity contribution in [3.05, 3.63) is 109 Å². The van der Waals surface area contributed by atoms with E-state index in [1.807, 2.05) is 56.0 Å². The maximum absolute atomic E-state index is 15.0. The highest BCUT2D eigenvalue weighted by atomic mass is 19.4. The Hall–Kier alpha value is -6.89. The van der Waals surface area contributed by atoms with Gasteiger partial charge in [0.05, 0.1) is 70.3 Å². The molecule has 4 atom stereocenters. The fourth-order valence-electron chi connectivity index (χ4n) is 9.30. The third-order valence-corrected chi connectivity index (χ3v) is 12.7. The molecule has 6 rings (SSSR count). The van der Waals surface area contributed by atoms with E-state index in [4.69, 9.17) is 33.2 Å². The van der Waals surface area contributed by atoms with Gasteiger partial charge in [-0.05, 0) is 92.1 Å². The lowest BCUT2D eigenvalue weighted by atomic mass is 9.59. The third kappa shape index (κ3) is 16.6. The smallest absolute Gasteiger partial charge is 0.416 e. The van der Waals surface area contributed by atoms with Crippen LogP contribution in [0.4, 0.5) is 27.2 Å². The number of carbonyl (C=O) groups excluding carboxylic acids is 3. The average molecular weight is 1070 g/mol. The molecule has 2 heterocycles. The Balaban J connectivity index is 0.00000514. The molecule has 0 radical (unpaired) electrons. The predicted molar refractivity (Wildman–Crippen MR) is 257 cm³/mol. The van der Waals surface area contributed by atoms with Gasteiger partial charge in [-0.3, -0.25) is 9.69 Å². The number of benzene rings is 3. The van der Waals surface area contributed by atoms with Gasteiger partial charge in [0.2, 0.25) is 5.91 Å². The number of methoxy groups -OCH3 is 1. The molecule has 25 heteroatoms. The van der Waals surface area contributed by atoms with Crippen molar-refractivity contribution in [2.45, 2.75) is 90.6 Å². The first-order valence-corrected chi connectivity index (χ1v) is 24.6. The summed E-state index contributed by atoms with van der Waals surface area (Å²) in [5.41, 5.74) is 0.532. The quantitative estimate of drug-likeness (QED) is 0.0279. The first-order valence-electron chi connectivity index (χ1n) is 24.6. The monoisotopic (exact) mass is 1070 g/mol. The van der Waals surface area contributed by atoms with E-state index in [2.05, 4.69) is 9.68 Å². The van der Waals surface area contributed by atoms with Crippen LogP contribution in [0, 0.1) is 44.3 Å². The van der Waals surface area contributed by atoms with Crippen LogP contribution >= 0.6 is 0 Å². The van der Waals surface area contributed by atoms with Gasteiger partial charge in [-0.15, -0.1) is 20.2 Å². The van der Waals surface area contributed by atoms with Gasteiger partial charge < -0.3 is 52.6 Å². The fourth-order valence-corrected chi connectivity index (χ4v) is 9.30. The number of amides is 3. The number of carbonyl (C=O) groups is 3. The molecule has 4 unspecified atom stereocenters. The number of nitrogens with zero attached hydrogens (tertiary/aromatic N) is 5. The molecule has 3 fully saturated rings. The van der Waals surface area contributed by atoms with Crippen molar-refractivity contribution >= 4 is 18.1 Å². The molecule has 2 aliphatic heterocycles. The van der Waals surface area contributed by atoms with E-state index in [0.717, 1.165) is 41.7 Å². The van der Waals surface area contributed by atoms with Crippen LogP contribution in [0.1, 0.15) is 68.7 Å². The Labute approximate surface area is 431 Å². The molecule has 3 aromatic rings. The lowest BCUT2D eigenvalue weighted by molar-refractivity contribution is -0.758. The normalized spacial score (nSPS) is 18.0. The second-order valence-electron chi connectivity index (χ2n) is 17.7. The van der Waals surface area contributed by atoms with Crippen molar-refractivity contribution in [2.75, 3.05) is 86.3 Å². The third-order valence-electron chi connectivity index (χ3n) is 12.7. The van der Waals surface area contributed by atoms with Crippen LogP contribution in [0.5, 0.6) is 17.2 Å². The number of ether oxygens (including phenoxy) is 7. The maximum Gasteiger partial charge on any atom is 0.416 e. The van der Waals surface area contributed by atoms with E-state index in [-0.39, 0.29) is 103 Å². The number of likely N-dealkylation sites (tertiary alicyclic amines) is 2. The minimum absolute atomic E-state index is 0.00544. The van der Waals surface area contributed by atoms with Crippen molar-refractivity contribution in [3.8, 4) is 17.2 Å². The SMILES string of the molecule is CC.COc1ccc(CN(C(=O)C(C)C2N(C(=O)OCCOCCO[N+](=O)[O-])C3CN(C(=O)OCCOCCO[N+](=O)[O-])CC32Cc2ccc(OCCCCOc3ccc(C(F)(F)F)cc3F)cc2)C2CC2)cc1C. The van der Waals surface area contributed by atoms with Crippen molar-refractivity contribution in [1.29, 1.82) is 0 Å². The molecule has 0 spiro atoms. The molecule has 75 heavy (non-hydrogen) atoms. The molecule has 0 bridgehead atoms. The Bertz CT molecular complexity index is 2360. The van der Waals surface area contributed by atoms with Gasteiger partial charge in [0.25, 0.3) is 10.2 Å². The molecule has 1 saturated carbocycles. The van der Waals surface area contributed by atoms with E-state index < -0.39 is 63.3 Å². The first-order chi connectivity index (χ1) is 35.9. The van der Waals surface area contributed by atoms with Crippen LogP contribution in [-0.2, 0) is 52.6 Å². The highest BCUT2D eigenvalue weighted by Gasteiger charge is 2.69. The van der Waals surface area contributed by atoms with Gasteiger partial charge in [-0.25, -0.2) is 14.0 Å². The Kier molecular flexibility index (Phi) is 22.1. The van der Waals surface area contributed by atoms with Crippen LogP contribution in [0.25, 0.3) is 0 Å². The van der Waals surface area contributed by atoms with Crippen molar-refractivity contribution < 1.29 is 85.0 Å². The molecule has 3 amide bonds. The molecule has 414 valence electrons. The van der Waals surface area contributed by atoms with Crippen LogP contribution in [-0.4, -0.2) is 147 Å². The molecule has 2 saturated heterocycles. The van der Waals surface area contributed by atoms with Crippen LogP contribution in [0.2, 0.25) is 0 Å². The van der Waals surface area contributed by atoms with E-state index in [1.54, 1.807) is 26.2 Å². The number of rotatable bonds is 29. The number of fused-ring (bicyclic) bond motifs is 1. The zero-order valence-corrected chi connectivity index (χ0v) is 42.6. The zero-order valence-electron chi connectivity index (χ0n) is 42.6. The molecule has 0 aromatic heterocycles. The minimum Gasteiger partial charge on any atom is -0.496 e. The second kappa shape index (κ2) is 28.1. The molecule has 1 aliphatic carbocycles. The summed E-state index contributed by atoms with van der Waals surface area (Å²) in [6.07, 6.45) is -3.41. The number of halogens is 4. The molecule has 3 aliphatic rings. The standard InChI is InChI=1S/C48H59F4N5O16.C2H6/c1-32-26-35(8-14-40(32)65-3)29-54(37-10-11-37)44(58)33(2)43-47(28-34-6-12-38(13-7-34)68-16-4-5-17-69-41-15-9-36(27-39(41)49)48(50,51)52)31-53(45(59)70-22-18-66-20-24-72-56(61)62)30-42(47)55(43)46(60)71-23-19-67-21-25-73-57(63)64;1-2/h6-9,12-15,26-27,33,37,42-43H,4-5,10-11,16-25,28-31H2,1-3H3;1-2H3. The topological polar surface area (TPSA) is 230 Å². The second-order valence-corrected chi connectivity index (χ2v) is 17.7. The molecule has 21 nitrogen and oxygen atoms in total. The highest BCUT2D eigenvalue weighted by molar-refractivity contribution is 5.82. The van der Waals surface area contributed by atoms with Gasteiger partial charge in [0.1, 0.15) is 37.9 Å². The predicted octanol–water partition coefficient (Wildman–Crippen LogP) is 7.87. The highest BCUT2D eigenvalue weighted by Crippen LogP contribution is 2.55. The molecule has 3 aromatic carbocycles. The van der Waals surface area contributed by atoms with Crippen LogP contribution in [0.3, 0.4) is 0 Å². The Morgan fingerprint density at radius 1 is 0.773 bits per heavy atom. The van der Waals surface area contributed by atoms with E-state index >= 15 is 0 Å². The number of aryl methyl sites for hydroxylation is 1. The molecular weight excluding hydrogens is 1000 g/mol. The summed E-state index contributed by atoms with van der Waals surface area (Å²) in [5.74, 6) is -1.23. The summed E-state index contributed by atoms with van der Waals surface area (Å²) in [7, 11) is 1.58. The van der Waals surface area contributed by atoms with Gasteiger partial charge in [0, 0.05) is 31.1 Å². The van der Waals surface area contributed by atoms with E-state index in [1.165, 1.54) is 9.80 Å². The summed E-state index contributed by atoms with van der Waals surface area (Å²) in [5, 5.41) is 19.1. The Morgan fingerprint density at radius 3 is 1.91 bits per heavy atom.